The Labute approximate surface area is 140 Å². The van der Waals surface area contributed by atoms with E-state index in [2.05, 4.69) is 21.2 Å². The van der Waals surface area contributed by atoms with Crippen LogP contribution in [0.1, 0.15) is 33.6 Å². The number of ether oxygens (including phenoxy) is 4. The van der Waals surface area contributed by atoms with Crippen LogP contribution in [0.5, 0.6) is 0 Å². The van der Waals surface area contributed by atoms with Crippen LogP contribution in [0.2, 0.25) is 0 Å². The van der Waals surface area contributed by atoms with Crippen LogP contribution in [0.25, 0.3) is 0 Å². The van der Waals surface area contributed by atoms with Crippen molar-refractivity contribution in [3.05, 3.63) is 0 Å². The summed E-state index contributed by atoms with van der Waals surface area (Å²) in [5.74, 6) is -1.43. The van der Waals surface area contributed by atoms with Crippen LogP contribution in [0.3, 0.4) is 0 Å². The highest BCUT2D eigenvalue weighted by Gasteiger charge is 2.32. The average molecular weight is 384 g/mol. The highest BCUT2D eigenvalue weighted by Crippen LogP contribution is 2.22. The third-order valence-electron chi connectivity index (χ3n) is 2.94. The summed E-state index contributed by atoms with van der Waals surface area (Å²) in [6.45, 7) is 5.22. The smallest absolute Gasteiger partial charge is 0.408 e. The Morgan fingerprint density at radius 2 is 1.68 bits per heavy atom. The van der Waals surface area contributed by atoms with Gasteiger partial charge in [-0.2, -0.15) is 0 Å². The molecule has 22 heavy (non-hydrogen) atoms. The van der Waals surface area contributed by atoms with E-state index < -0.39 is 29.5 Å². The Hall–Kier alpha value is -0.860. The highest BCUT2D eigenvalue weighted by atomic mass is 79.9. The molecule has 1 atom stereocenters. The fourth-order valence-electron chi connectivity index (χ4n) is 1.67. The SMILES string of the molecule is COC(=O)[C@H](CCC(CBr)(OC)OC)NC(=O)OC(C)(C)C. The van der Waals surface area contributed by atoms with Gasteiger partial charge in [0.2, 0.25) is 0 Å². The lowest BCUT2D eigenvalue weighted by Crippen LogP contribution is -2.46. The summed E-state index contributed by atoms with van der Waals surface area (Å²) in [7, 11) is 4.29. The van der Waals surface area contributed by atoms with Crippen LogP contribution >= 0.6 is 15.9 Å². The molecule has 0 unspecified atom stereocenters. The molecule has 0 spiro atoms. The molecule has 1 N–H and O–H groups in total. The van der Waals surface area contributed by atoms with Gasteiger partial charge < -0.3 is 24.3 Å². The summed E-state index contributed by atoms with van der Waals surface area (Å²) in [6.07, 6.45) is -0.0258. The van der Waals surface area contributed by atoms with Crippen molar-refractivity contribution in [2.24, 2.45) is 0 Å². The number of methoxy groups -OCH3 is 3. The molecule has 0 saturated heterocycles. The first-order valence-electron chi connectivity index (χ1n) is 6.86. The summed E-state index contributed by atoms with van der Waals surface area (Å²) in [5.41, 5.74) is -0.649. The van der Waals surface area contributed by atoms with Crippen LogP contribution in [-0.2, 0) is 23.7 Å². The first-order valence-corrected chi connectivity index (χ1v) is 7.99. The van der Waals surface area contributed by atoms with Crippen molar-refractivity contribution in [1.82, 2.24) is 5.32 Å². The third-order valence-corrected chi connectivity index (χ3v) is 3.79. The Bertz CT molecular complexity index is 357. The number of nitrogens with one attached hydrogen (secondary N) is 1. The minimum Gasteiger partial charge on any atom is -0.467 e. The molecular formula is C14H26BrNO6. The van der Waals surface area contributed by atoms with E-state index in [1.54, 1.807) is 20.8 Å². The molecule has 130 valence electrons. The fraction of sp³-hybridized carbons (Fsp3) is 0.857. The van der Waals surface area contributed by atoms with E-state index in [4.69, 9.17) is 18.9 Å². The molecule has 1 amide bonds. The van der Waals surface area contributed by atoms with E-state index in [0.717, 1.165) is 0 Å². The first-order chi connectivity index (χ1) is 10.1. The van der Waals surface area contributed by atoms with Crippen LogP contribution in [0.4, 0.5) is 4.79 Å². The molecule has 0 aliphatic heterocycles. The van der Waals surface area contributed by atoms with Crippen molar-refractivity contribution in [1.29, 1.82) is 0 Å². The lowest BCUT2D eigenvalue weighted by Gasteiger charge is -2.30. The molecule has 0 aliphatic rings. The quantitative estimate of drug-likeness (QED) is 0.393. The Morgan fingerprint density at radius 3 is 2.05 bits per heavy atom. The molecule has 0 aliphatic carbocycles. The molecule has 0 fully saturated rings. The molecule has 0 radical (unpaired) electrons. The number of hydrogen-bond acceptors (Lipinski definition) is 6. The van der Waals surface area contributed by atoms with Crippen molar-refractivity contribution >= 4 is 28.0 Å². The maximum atomic E-state index is 11.8. The van der Waals surface area contributed by atoms with Gasteiger partial charge in [0, 0.05) is 20.6 Å². The number of amides is 1. The second-order valence-corrected chi connectivity index (χ2v) is 6.27. The van der Waals surface area contributed by atoms with Gasteiger partial charge in [0.15, 0.2) is 5.79 Å². The number of carbonyl (C=O) groups excluding carboxylic acids is 2. The van der Waals surface area contributed by atoms with Crippen molar-refractivity contribution in [3.8, 4) is 0 Å². The summed E-state index contributed by atoms with van der Waals surface area (Å²) < 4.78 is 20.5. The highest BCUT2D eigenvalue weighted by molar-refractivity contribution is 9.09. The van der Waals surface area contributed by atoms with Gasteiger partial charge >= 0.3 is 12.1 Å². The van der Waals surface area contributed by atoms with Gasteiger partial charge in [-0.3, -0.25) is 0 Å². The van der Waals surface area contributed by atoms with Crippen molar-refractivity contribution in [2.45, 2.75) is 51.0 Å². The predicted octanol–water partition coefficient (Wildman–Crippen LogP) is 2.22. The largest absolute Gasteiger partial charge is 0.467 e. The molecule has 0 bridgehead atoms. The Kier molecular flexibility index (Phi) is 8.95. The summed E-state index contributed by atoms with van der Waals surface area (Å²) >= 11 is 3.31. The average Bonchev–Trinajstić information content (AvgIpc) is 2.45. The lowest BCUT2D eigenvalue weighted by atomic mass is 10.1. The normalized spacial score (nSPS) is 13.4. The van der Waals surface area contributed by atoms with Gasteiger partial charge in [-0.05, 0) is 27.2 Å². The lowest BCUT2D eigenvalue weighted by molar-refractivity contribution is -0.194. The van der Waals surface area contributed by atoms with Gasteiger partial charge in [-0.1, -0.05) is 15.9 Å². The number of esters is 1. The second kappa shape index (κ2) is 9.32. The third kappa shape index (κ3) is 7.42. The maximum absolute atomic E-state index is 11.8. The van der Waals surface area contributed by atoms with Crippen molar-refractivity contribution < 1.29 is 28.5 Å². The van der Waals surface area contributed by atoms with Crippen LogP contribution < -0.4 is 5.32 Å². The Morgan fingerprint density at radius 1 is 1.14 bits per heavy atom. The van der Waals surface area contributed by atoms with Crippen LogP contribution in [-0.4, -0.2) is 56.2 Å². The van der Waals surface area contributed by atoms with Crippen molar-refractivity contribution in [2.75, 3.05) is 26.7 Å². The predicted molar refractivity (Wildman–Crippen MR) is 85.0 cm³/mol. The number of alkyl carbamates (subject to hydrolysis) is 1. The van der Waals surface area contributed by atoms with E-state index in [1.807, 2.05) is 0 Å². The van der Waals surface area contributed by atoms with Crippen LogP contribution in [0.15, 0.2) is 0 Å². The molecule has 0 aromatic heterocycles. The van der Waals surface area contributed by atoms with E-state index >= 15 is 0 Å². The van der Waals surface area contributed by atoms with Gasteiger partial charge in [0.05, 0.1) is 12.4 Å². The van der Waals surface area contributed by atoms with E-state index in [0.29, 0.717) is 11.8 Å². The zero-order chi connectivity index (χ0) is 17.4. The minimum absolute atomic E-state index is 0.277. The first kappa shape index (κ1) is 21.1. The number of halogens is 1. The molecule has 0 aromatic carbocycles. The molecule has 0 saturated carbocycles. The van der Waals surface area contributed by atoms with Crippen LogP contribution in [0, 0.1) is 0 Å². The minimum atomic E-state index is -0.873. The maximum Gasteiger partial charge on any atom is 0.408 e. The number of hydrogen-bond donors (Lipinski definition) is 1. The number of carbonyl (C=O) groups is 2. The fourth-order valence-corrected chi connectivity index (χ4v) is 2.41. The standard InChI is InChI=1S/C14H26BrNO6/c1-13(2,3)22-12(18)16-10(11(17)19-4)7-8-14(9-15,20-5)21-6/h10H,7-9H2,1-6H3,(H,16,18)/t10-/m0/s1. The van der Waals surface area contributed by atoms with Gasteiger partial charge in [0.1, 0.15) is 11.6 Å². The molecule has 7 nitrogen and oxygen atoms in total. The number of alkyl halides is 1. The summed E-state index contributed by atoms with van der Waals surface area (Å²) in [5, 5.41) is 2.93. The van der Waals surface area contributed by atoms with Crippen molar-refractivity contribution in [3.63, 3.8) is 0 Å². The molecule has 0 heterocycles. The zero-order valence-corrected chi connectivity index (χ0v) is 15.6. The molecule has 8 heteroatoms. The van der Waals surface area contributed by atoms with Gasteiger partial charge in [0.25, 0.3) is 0 Å². The topological polar surface area (TPSA) is 83.1 Å². The molecular weight excluding hydrogens is 358 g/mol. The molecule has 0 aromatic rings. The molecule has 0 rings (SSSR count). The van der Waals surface area contributed by atoms with E-state index in [1.165, 1.54) is 21.3 Å². The zero-order valence-electron chi connectivity index (χ0n) is 14.0. The summed E-state index contributed by atoms with van der Waals surface area (Å²) in [6, 6.07) is -0.844. The van der Waals surface area contributed by atoms with E-state index in [-0.39, 0.29) is 6.42 Å². The Balaban J connectivity index is 4.80. The van der Waals surface area contributed by atoms with E-state index in [9.17, 15) is 9.59 Å². The second-order valence-electron chi connectivity index (χ2n) is 5.71. The summed E-state index contributed by atoms with van der Waals surface area (Å²) in [4.78, 5) is 23.6. The monoisotopic (exact) mass is 383 g/mol. The van der Waals surface area contributed by atoms with Gasteiger partial charge in [-0.15, -0.1) is 0 Å². The number of rotatable bonds is 8. The van der Waals surface area contributed by atoms with Gasteiger partial charge in [-0.25, -0.2) is 9.59 Å².